The minimum absolute atomic E-state index is 0.255. The summed E-state index contributed by atoms with van der Waals surface area (Å²) in [5.41, 5.74) is 6.30. The molecule has 22 heavy (non-hydrogen) atoms. The zero-order valence-corrected chi connectivity index (χ0v) is 15.1. The Balaban J connectivity index is 2.29. The Labute approximate surface area is 137 Å². The lowest BCUT2D eigenvalue weighted by Crippen LogP contribution is -2.29. The Hall–Kier alpha value is -1.30. The largest absolute Gasteiger partial charge is 0.0774 e. The highest BCUT2D eigenvalue weighted by atomic mass is 14.4. The van der Waals surface area contributed by atoms with Crippen LogP contribution in [0.2, 0.25) is 0 Å². The Morgan fingerprint density at radius 2 is 1.73 bits per heavy atom. The van der Waals surface area contributed by atoms with E-state index in [4.69, 9.17) is 0 Å². The lowest BCUT2D eigenvalue weighted by Gasteiger charge is -2.37. The molecule has 0 saturated carbocycles. The lowest BCUT2D eigenvalue weighted by atomic mass is 9.67. The van der Waals surface area contributed by atoms with Crippen molar-refractivity contribution in [1.29, 1.82) is 0 Å². The van der Waals surface area contributed by atoms with Crippen molar-refractivity contribution in [1.82, 2.24) is 0 Å². The fourth-order valence-electron chi connectivity index (χ4n) is 3.75. The molecular weight excluding hydrogens is 264 g/mol. The molecule has 1 aliphatic carbocycles. The van der Waals surface area contributed by atoms with Crippen molar-refractivity contribution < 1.29 is 0 Å². The van der Waals surface area contributed by atoms with Gasteiger partial charge in [-0.25, -0.2) is 0 Å². The van der Waals surface area contributed by atoms with Crippen molar-refractivity contribution in [2.45, 2.75) is 66.7 Å². The lowest BCUT2D eigenvalue weighted by molar-refractivity contribution is 0.291. The van der Waals surface area contributed by atoms with Gasteiger partial charge in [0.25, 0.3) is 0 Å². The fraction of sp³-hybridized carbons (Fsp3) is 0.545. The number of benzene rings is 1. The summed E-state index contributed by atoms with van der Waals surface area (Å²) in [5.74, 6) is 0.656. The smallest absolute Gasteiger partial charge is 0.00400 e. The molecule has 1 aromatic rings. The Bertz CT molecular complexity index is 561. The number of aryl methyl sites for hydroxylation is 2. The molecule has 2 rings (SSSR count). The van der Waals surface area contributed by atoms with E-state index in [1.807, 2.05) is 0 Å². The van der Waals surface area contributed by atoms with Gasteiger partial charge < -0.3 is 0 Å². The van der Waals surface area contributed by atoms with Gasteiger partial charge in [-0.15, -0.1) is 0 Å². The third kappa shape index (κ3) is 3.54. The number of allylic oxidation sites excluding steroid dienone is 4. The molecule has 0 heteroatoms. The predicted octanol–water partition coefficient (Wildman–Crippen LogP) is 6.29. The van der Waals surface area contributed by atoms with E-state index in [1.54, 1.807) is 5.56 Å². The van der Waals surface area contributed by atoms with Crippen molar-refractivity contribution >= 4 is 0 Å². The second kappa shape index (κ2) is 7.31. The van der Waals surface area contributed by atoms with E-state index < -0.39 is 0 Å². The van der Waals surface area contributed by atoms with Crippen LogP contribution in [0.4, 0.5) is 0 Å². The molecule has 0 spiro atoms. The van der Waals surface area contributed by atoms with Gasteiger partial charge in [-0.05, 0) is 60.1 Å². The van der Waals surface area contributed by atoms with Crippen LogP contribution in [0.1, 0.15) is 64.2 Å². The second-order valence-electron chi connectivity index (χ2n) is 6.94. The summed E-state index contributed by atoms with van der Waals surface area (Å²) in [5, 5.41) is 0. The van der Waals surface area contributed by atoms with Crippen LogP contribution in [0.25, 0.3) is 0 Å². The maximum Gasteiger partial charge on any atom is -0.00400 e. The van der Waals surface area contributed by atoms with Crippen molar-refractivity contribution in [3.63, 3.8) is 0 Å². The first kappa shape index (κ1) is 17.1. The van der Waals surface area contributed by atoms with Gasteiger partial charge in [0, 0.05) is 0 Å². The van der Waals surface area contributed by atoms with Crippen LogP contribution in [0.15, 0.2) is 42.0 Å². The maximum atomic E-state index is 2.52. The fourth-order valence-corrected chi connectivity index (χ4v) is 3.75. The third-order valence-electron chi connectivity index (χ3n) is 5.42. The average Bonchev–Trinajstić information content (AvgIpc) is 2.55. The molecule has 0 saturated heterocycles. The normalized spacial score (nSPS) is 24.4. The molecule has 0 aromatic heterocycles. The van der Waals surface area contributed by atoms with Crippen LogP contribution in [-0.2, 0) is 19.3 Å². The van der Waals surface area contributed by atoms with Gasteiger partial charge in [0.2, 0.25) is 0 Å². The summed E-state index contributed by atoms with van der Waals surface area (Å²) >= 11 is 0. The number of rotatable bonds is 6. The van der Waals surface area contributed by atoms with E-state index >= 15 is 0 Å². The van der Waals surface area contributed by atoms with Crippen LogP contribution >= 0.6 is 0 Å². The Kier molecular flexibility index (Phi) is 5.67. The second-order valence-corrected chi connectivity index (χ2v) is 6.94. The van der Waals surface area contributed by atoms with E-state index in [0.29, 0.717) is 5.92 Å². The SMILES string of the molecule is CCC1=CC(CC)C(C)(Cc2ccc(CC)cc2CC)C=C1. The molecule has 0 fully saturated rings. The predicted molar refractivity (Wildman–Crippen MR) is 98.3 cm³/mol. The molecule has 0 nitrogen and oxygen atoms in total. The number of hydrogen-bond acceptors (Lipinski definition) is 0. The average molecular weight is 296 g/mol. The topological polar surface area (TPSA) is 0 Å². The van der Waals surface area contributed by atoms with Gasteiger partial charge in [0.15, 0.2) is 0 Å². The van der Waals surface area contributed by atoms with E-state index in [1.165, 1.54) is 23.1 Å². The molecule has 0 N–H and O–H groups in total. The number of hydrogen-bond donors (Lipinski definition) is 0. The molecule has 2 unspecified atom stereocenters. The summed E-state index contributed by atoms with van der Waals surface area (Å²) in [6.45, 7) is 11.5. The van der Waals surface area contributed by atoms with Crippen molar-refractivity contribution in [2.24, 2.45) is 11.3 Å². The molecule has 120 valence electrons. The van der Waals surface area contributed by atoms with Crippen molar-refractivity contribution in [3.05, 3.63) is 58.7 Å². The third-order valence-corrected chi connectivity index (χ3v) is 5.42. The Morgan fingerprint density at radius 3 is 2.32 bits per heavy atom. The molecule has 0 aliphatic heterocycles. The highest BCUT2D eigenvalue weighted by Crippen LogP contribution is 2.41. The van der Waals surface area contributed by atoms with Crippen LogP contribution in [0, 0.1) is 11.3 Å². The zero-order chi connectivity index (χ0) is 16.2. The van der Waals surface area contributed by atoms with E-state index in [2.05, 4.69) is 71.0 Å². The van der Waals surface area contributed by atoms with Crippen LogP contribution in [0.3, 0.4) is 0 Å². The van der Waals surface area contributed by atoms with Gasteiger partial charge >= 0.3 is 0 Å². The molecule has 0 heterocycles. The first-order chi connectivity index (χ1) is 10.6. The molecule has 0 bridgehead atoms. The van der Waals surface area contributed by atoms with Gasteiger partial charge in [-0.2, -0.15) is 0 Å². The van der Waals surface area contributed by atoms with E-state index in [9.17, 15) is 0 Å². The van der Waals surface area contributed by atoms with E-state index in [-0.39, 0.29) is 5.41 Å². The first-order valence-corrected chi connectivity index (χ1v) is 9.06. The molecule has 1 aromatic carbocycles. The van der Waals surface area contributed by atoms with Gasteiger partial charge in [-0.1, -0.05) is 76.6 Å². The molecule has 2 atom stereocenters. The summed E-state index contributed by atoms with van der Waals surface area (Å²) < 4.78 is 0. The molecule has 0 radical (unpaired) electrons. The molecular formula is C22H32. The highest BCUT2D eigenvalue weighted by Gasteiger charge is 2.32. The summed E-state index contributed by atoms with van der Waals surface area (Å²) in [7, 11) is 0. The highest BCUT2D eigenvalue weighted by molar-refractivity contribution is 5.36. The van der Waals surface area contributed by atoms with Crippen LogP contribution in [0.5, 0.6) is 0 Å². The van der Waals surface area contributed by atoms with Gasteiger partial charge in [0.1, 0.15) is 0 Å². The molecule has 0 amide bonds. The van der Waals surface area contributed by atoms with Crippen molar-refractivity contribution in [2.75, 3.05) is 0 Å². The standard InChI is InChI=1S/C22H32/c1-6-17-10-11-20(19(8-3)14-17)16-22(5)13-12-18(7-2)15-21(22)9-4/h10-15,21H,6-9,16H2,1-5H3. The van der Waals surface area contributed by atoms with Gasteiger partial charge in [0.05, 0.1) is 0 Å². The maximum absolute atomic E-state index is 2.52. The minimum Gasteiger partial charge on any atom is -0.0774 e. The van der Waals surface area contributed by atoms with Crippen molar-refractivity contribution in [3.8, 4) is 0 Å². The summed E-state index contributed by atoms with van der Waals surface area (Å²) in [6.07, 6.45) is 13.1. The van der Waals surface area contributed by atoms with Gasteiger partial charge in [-0.3, -0.25) is 0 Å². The monoisotopic (exact) mass is 296 g/mol. The minimum atomic E-state index is 0.255. The summed E-state index contributed by atoms with van der Waals surface area (Å²) in [6, 6.07) is 7.11. The summed E-state index contributed by atoms with van der Waals surface area (Å²) in [4.78, 5) is 0. The first-order valence-electron chi connectivity index (χ1n) is 9.06. The van der Waals surface area contributed by atoms with E-state index in [0.717, 1.165) is 25.7 Å². The van der Waals surface area contributed by atoms with Crippen LogP contribution < -0.4 is 0 Å². The quantitative estimate of drug-likeness (QED) is 0.578. The van der Waals surface area contributed by atoms with Crippen LogP contribution in [-0.4, -0.2) is 0 Å². The Morgan fingerprint density at radius 1 is 0.955 bits per heavy atom. The molecule has 1 aliphatic rings. The zero-order valence-electron chi connectivity index (χ0n) is 15.1.